The highest BCUT2D eigenvalue weighted by Crippen LogP contribution is 2.23. The number of hydrogen-bond donors (Lipinski definition) is 0. The van der Waals surface area contributed by atoms with Crippen molar-refractivity contribution in [1.82, 2.24) is 4.90 Å². The summed E-state index contributed by atoms with van der Waals surface area (Å²) in [7, 11) is 0. The first-order chi connectivity index (χ1) is 6.25. The molecule has 1 aliphatic rings. The third kappa shape index (κ3) is 3.04. The van der Waals surface area contributed by atoms with Crippen LogP contribution in [0.5, 0.6) is 0 Å². The average molecular weight is 179 g/mol. The van der Waals surface area contributed by atoms with Gasteiger partial charge in [-0.3, -0.25) is 4.90 Å². The maximum absolute atomic E-state index is 5.38. The Bertz CT molecular complexity index is 172. The molecule has 0 atom stereocenters. The molecular weight excluding hydrogens is 158 g/mol. The first-order valence-corrected chi connectivity index (χ1v) is 5.45. The van der Waals surface area contributed by atoms with E-state index in [4.69, 9.17) is 6.42 Å². The van der Waals surface area contributed by atoms with Crippen LogP contribution in [0.4, 0.5) is 0 Å². The normalized spacial score (nSPS) is 19.3. The van der Waals surface area contributed by atoms with Crippen molar-refractivity contribution in [2.24, 2.45) is 0 Å². The third-order valence-electron chi connectivity index (χ3n) is 2.98. The van der Waals surface area contributed by atoms with Gasteiger partial charge in [-0.15, -0.1) is 6.42 Å². The lowest BCUT2D eigenvalue weighted by Crippen LogP contribution is -2.41. The Kier molecular flexibility index (Phi) is 4.32. The van der Waals surface area contributed by atoms with Crippen molar-refractivity contribution in [1.29, 1.82) is 0 Å². The van der Waals surface area contributed by atoms with Gasteiger partial charge in [0.1, 0.15) is 0 Å². The van der Waals surface area contributed by atoms with Gasteiger partial charge in [-0.05, 0) is 26.7 Å². The van der Waals surface area contributed by atoms with Gasteiger partial charge in [-0.25, -0.2) is 0 Å². The highest BCUT2D eigenvalue weighted by Gasteiger charge is 2.21. The van der Waals surface area contributed by atoms with Gasteiger partial charge in [-0.2, -0.15) is 0 Å². The second-order valence-corrected chi connectivity index (χ2v) is 4.26. The van der Waals surface area contributed by atoms with Crippen LogP contribution in [0, 0.1) is 12.3 Å². The summed E-state index contributed by atoms with van der Waals surface area (Å²) in [6.07, 6.45) is 12.3. The van der Waals surface area contributed by atoms with E-state index in [1.54, 1.807) is 0 Å². The maximum atomic E-state index is 5.38. The first kappa shape index (κ1) is 10.6. The summed E-state index contributed by atoms with van der Waals surface area (Å²) in [5.74, 6) is 2.77. The van der Waals surface area contributed by atoms with Crippen LogP contribution in [0.2, 0.25) is 0 Å². The van der Waals surface area contributed by atoms with Gasteiger partial charge in [0.05, 0.1) is 6.54 Å². The van der Waals surface area contributed by atoms with Crippen LogP contribution in [0.25, 0.3) is 0 Å². The van der Waals surface area contributed by atoms with Crippen molar-refractivity contribution in [3.63, 3.8) is 0 Å². The smallest absolute Gasteiger partial charge is 0.0603 e. The fourth-order valence-electron chi connectivity index (χ4n) is 2.25. The summed E-state index contributed by atoms with van der Waals surface area (Å²) in [6.45, 7) is 5.31. The second-order valence-electron chi connectivity index (χ2n) is 4.26. The summed E-state index contributed by atoms with van der Waals surface area (Å²) in [5.41, 5.74) is 0. The van der Waals surface area contributed by atoms with Crippen molar-refractivity contribution >= 4 is 0 Å². The van der Waals surface area contributed by atoms with Crippen LogP contribution < -0.4 is 0 Å². The summed E-state index contributed by atoms with van der Waals surface area (Å²) in [4.78, 5) is 2.47. The van der Waals surface area contributed by atoms with Crippen molar-refractivity contribution in [3.8, 4) is 12.3 Å². The molecule has 0 saturated heterocycles. The Balaban J connectivity index is 2.47. The lowest BCUT2D eigenvalue weighted by atomic mass is 9.93. The van der Waals surface area contributed by atoms with E-state index in [1.165, 1.54) is 32.1 Å². The average Bonchev–Trinajstić information content (AvgIpc) is 2.15. The van der Waals surface area contributed by atoms with Crippen LogP contribution in [0.1, 0.15) is 46.0 Å². The number of nitrogens with zero attached hydrogens (tertiary/aromatic N) is 1. The molecule has 0 bridgehead atoms. The van der Waals surface area contributed by atoms with E-state index in [1.807, 2.05) is 0 Å². The van der Waals surface area contributed by atoms with E-state index in [-0.39, 0.29) is 0 Å². The molecule has 0 aromatic rings. The molecule has 0 aromatic heterocycles. The molecule has 0 aliphatic heterocycles. The minimum Gasteiger partial charge on any atom is -0.287 e. The fourth-order valence-corrected chi connectivity index (χ4v) is 2.25. The minimum absolute atomic E-state index is 0.596. The number of terminal acetylenes is 1. The molecule has 1 heteroatoms. The molecule has 0 radical (unpaired) electrons. The highest BCUT2D eigenvalue weighted by molar-refractivity contribution is 4.92. The molecule has 1 aliphatic carbocycles. The quantitative estimate of drug-likeness (QED) is 0.602. The van der Waals surface area contributed by atoms with E-state index in [2.05, 4.69) is 24.7 Å². The molecular formula is C12H21N. The molecule has 1 saturated carbocycles. The third-order valence-corrected chi connectivity index (χ3v) is 2.98. The highest BCUT2D eigenvalue weighted by atomic mass is 15.2. The van der Waals surface area contributed by atoms with Crippen molar-refractivity contribution in [2.75, 3.05) is 6.54 Å². The van der Waals surface area contributed by atoms with Crippen LogP contribution in [0.3, 0.4) is 0 Å². The van der Waals surface area contributed by atoms with E-state index in [0.29, 0.717) is 6.04 Å². The van der Waals surface area contributed by atoms with Gasteiger partial charge in [0.25, 0.3) is 0 Å². The summed E-state index contributed by atoms with van der Waals surface area (Å²) in [5, 5.41) is 0. The van der Waals surface area contributed by atoms with Crippen LogP contribution in [-0.4, -0.2) is 23.5 Å². The molecule has 1 rings (SSSR count). The topological polar surface area (TPSA) is 3.24 Å². The van der Waals surface area contributed by atoms with E-state index < -0.39 is 0 Å². The predicted octanol–water partition coefficient (Wildman–Crippen LogP) is 2.66. The van der Waals surface area contributed by atoms with E-state index in [0.717, 1.165) is 12.6 Å². The molecule has 74 valence electrons. The largest absolute Gasteiger partial charge is 0.287 e. The number of hydrogen-bond acceptors (Lipinski definition) is 1. The SMILES string of the molecule is C#CCN(C(C)C)C1CCCCC1. The first-order valence-electron chi connectivity index (χ1n) is 5.45. The zero-order valence-corrected chi connectivity index (χ0v) is 8.92. The van der Waals surface area contributed by atoms with Crippen LogP contribution in [0.15, 0.2) is 0 Å². The Hall–Kier alpha value is -0.480. The molecule has 1 fully saturated rings. The van der Waals surface area contributed by atoms with Gasteiger partial charge in [0.15, 0.2) is 0 Å². The summed E-state index contributed by atoms with van der Waals surface area (Å²) in [6, 6.07) is 1.35. The van der Waals surface area contributed by atoms with Gasteiger partial charge in [-0.1, -0.05) is 25.2 Å². The molecule has 0 unspecified atom stereocenters. The van der Waals surface area contributed by atoms with Crippen LogP contribution in [-0.2, 0) is 0 Å². The van der Waals surface area contributed by atoms with Crippen molar-refractivity contribution in [3.05, 3.63) is 0 Å². The zero-order valence-electron chi connectivity index (χ0n) is 8.92. The second kappa shape index (κ2) is 5.29. The van der Waals surface area contributed by atoms with E-state index >= 15 is 0 Å². The lowest BCUT2D eigenvalue weighted by Gasteiger charge is -2.35. The van der Waals surface area contributed by atoms with Gasteiger partial charge >= 0.3 is 0 Å². The minimum atomic E-state index is 0.596. The van der Waals surface area contributed by atoms with Crippen LogP contribution >= 0.6 is 0 Å². The molecule has 0 spiro atoms. The van der Waals surface area contributed by atoms with Gasteiger partial charge in [0, 0.05) is 12.1 Å². The monoisotopic (exact) mass is 179 g/mol. The Labute approximate surface area is 82.5 Å². The summed E-state index contributed by atoms with van der Waals surface area (Å²) < 4.78 is 0. The Morgan fingerprint density at radius 1 is 1.31 bits per heavy atom. The standard InChI is InChI=1S/C12H21N/c1-4-10-13(11(2)3)12-8-6-5-7-9-12/h1,11-12H,5-10H2,2-3H3. The molecule has 13 heavy (non-hydrogen) atoms. The molecule has 1 nitrogen and oxygen atoms in total. The maximum Gasteiger partial charge on any atom is 0.0603 e. The Morgan fingerprint density at radius 2 is 1.92 bits per heavy atom. The van der Waals surface area contributed by atoms with Gasteiger partial charge in [0.2, 0.25) is 0 Å². The van der Waals surface area contributed by atoms with E-state index in [9.17, 15) is 0 Å². The Morgan fingerprint density at radius 3 is 2.38 bits per heavy atom. The lowest BCUT2D eigenvalue weighted by molar-refractivity contribution is 0.139. The molecule has 0 N–H and O–H groups in total. The zero-order chi connectivity index (χ0) is 9.68. The van der Waals surface area contributed by atoms with Crippen molar-refractivity contribution < 1.29 is 0 Å². The molecule has 0 heterocycles. The van der Waals surface area contributed by atoms with Gasteiger partial charge < -0.3 is 0 Å². The molecule has 0 amide bonds. The molecule has 0 aromatic carbocycles. The van der Waals surface area contributed by atoms with Crippen molar-refractivity contribution in [2.45, 2.75) is 58.0 Å². The fraction of sp³-hybridized carbons (Fsp3) is 0.833. The summed E-state index contributed by atoms with van der Waals surface area (Å²) >= 11 is 0. The predicted molar refractivity (Wildman–Crippen MR) is 57.5 cm³/mol. The number of rotatable bonds is 3.